The van der Waals surface area contributed by atoms with Gasteiger partial charge < -0.3 is 10.4 Å². The van der Waals surface area contributed by atoms with E-state index in [0.717, 1.165) is 30.9 Å². The smallest absolute Gasteiger partial charge is 0.0729 e. The van der Waals surface area contributed by atoms with Gasteiger partial charge in [0.25, 0.3) is 0 Å². The van der Waals surface area contributed by atoms with Gasteiger partial charge in [-0.25, -0.2) is 0 Å². The molecule has 18 heavy (non-hydrogen) atoms. The SMILES string of the molecule is CCCn1nccc1CNc1cnn(CCO)c1. The number of aryl methyl sites for hydroxylation is 1. The molecule has 2 N–H and O–H groups in total. The Morgan fingerprint density at radius 3 is 3.00 bits per heavy atom. The Hall–Kier alpha value is -1.82. The highest BCUT2D eigenvalue weighted by atomic mass is 16.3. The minimum Gasteiger partial charge on any atom is -0.394 e. The fourth-order valence-corrected chi connectivity index (χ4v) is 1.80. The van der Waals surface area contributed by atoms with Crippen LogP contribution in [0, 0.1) is 0 Å². The Balaban J connectivity index is 1.91. The number of aliphatic hydroxyl groups is 1. The predicted molar refractivity (Wildman–Crippen MR) is 69.2 cm³/mol. The lowest BCUT2D eigenvalue weighted by molar-refractivity contribution is 0.269. The van der Waals surface area contributed by atoms with E-state index in [2.05, 4.69) is 22.4 Å². The van der Waals surface area contributed by atoms with Gasteiger partial charge in [0.05, 0.1) is 37.3 Å². The van der Waals surface area contributed by atoms with Gasteiger partial charge in [-0.05, 0) is 12.5 Å². The number of aromatic nitrogens is 4. The molecule has 0 spiro atoms. The maximum absolute atomic E-state index is 8.81. The molecular weight excluding hydrogens is 230 g/mol. The van der Waals surface area contributed by atoms with Gasteiger partial charge >= 0.3 is 0 Å². The number of hydrogen-bond acceptors (Lipinski definition) is 4. The lowest BCUT2D eigenvalue weighted by Gasteiger charge is -2.07. The number of anilines is 1. The third kappa shape index (κ3) is 3.10. The van der Waals surface area contributed by atoms with Crippen molar-refractivity contribution in [3.05, 3.63) is 30.4 Å². The Morgan fingerprint density at radius 1 is 1.33 bits per heavy atom. The third-order valence-electron chi connectivity index (χ3n) is 2.68. The molecule has 0 atom stereocenters. The molecule has 0 fully saturated rings. The molecule has 0 aliphatic heterocycles. The summed E-state index contributed by atoms with van der Waals surface area (Å²) >= 11 is 0. The molecule has 0 aliphatic rings. The molecule has 0 saturated heterocycles. The molecular formula is C12H19N5O. The average Bonchev–Trinajstić information content (AvgIpc) is 2.97. The van der Waals surface area contributed by atoms with Crippen molar-refractivity contribution in [2.45, 2.75) is 33.0 Å². The summed E-state index contributed by atoms with van der Waals surface area (Å²) in [6.45, 7) is 4.43. The second-order valence-corrected chi connectivity index (χ2v) is 4.11. The molecule has 2 heterocycles. The van der Waals surface area contributed by atoms with E-state index in [4.69, 9.17) is 5.11 Å². The lowest BCUT2D eigenvalue weighted by Crippen LogP contribution is -2.08. The fourth-order valence-electron chi connectivity index (χ4n) is 1.80. The molecule has 0 aliphatic carbocycles. The van der Waals surface area contributed by atoms with Crippen molar-refractivity contribution < 1.29 is 5.11 Å². The molecule has 0 unspecified atom stereocenters. The van der Waals surface area contributed by atoms with Crippen LogP contribution in [0.15, 0.2) is 24.7 Å². The number of rotatable bonds is 7. The van der Waals surface area contributed by atoms with Crippen LogP contribution in [0.25, 0.3) is 0 Å². The van der Waals surface area contributed by atoms with Crippen molar-refractivity contribution >= 4 is 5.69 Å². The van der Waals surface area contributed by atoms with Crippen LogP contribution in [0.3, 0.4) is 0 Å². The molecule has 2 rings (SSSR count). The van der Waals surface area contributed by atoms with Crippen LogP contribution < -0.4 is 5.32 Å². The van der Waals surface area contributed by atoms with Crippen LogP contribution in [-0.4, -0.2) is 31.3 Å². The Morgan fingerprint density at radius 2 is 2.22 bits per heavy atom. The Kier molecular flexibility index (Phi) is 4.35. The standard InChI is InChI=1S/C12H19N5O/c1-2-5-17-12(3-4-14-17)9-13-11-8-15-16(10-11)6-7-18/h3-4,8,10,13,18H,2,5-7,9H2,1H3. The second kappa shape index (κ2) is 6.20. The quantitative estimate of drug-likeness (QED) is 0.771. The van der Waals surface area contributed by atoms with Gasteiger partial charge in [0.1, 0.15) is 0 Å². The molecule has 98 valence electrons. The van der Waals surface area contributed by atoms with Gasteiger partial charge in [0.2, 0.25) is 0 Å². The van der Waals surface area contributed by atoms with E-state index in [9.17, 15) is 0 Å². The number of hydrogen-bond donors (Lipinski definition) is 2. The van der Waals surface area contributed by atoms with Gasteiger partial charge in [0, 0.05) is 18.9 Å². The highest BCUT2D eigenvalue weighted by molar-refractivity contribution is 5.38. The zero-order valence-electron chi connectivity index (χ0n) is 10.6. The molecule has 0 amide bonds. The van der Waals surface area contributed by atoms with E-state index < -0.39 is 0 Å². The third-order valence-corrected chi connectivity index (χ3v) is 2.68. The maximum atomic E-state index is 8.81. The van der Waals surface area contributed by atoms with E-state index in [-0.39, 0.29) is 6.61 Å². The van der Waals surface area contributed by atoms with Crippen LogP contribution >= 0.6 is 0 Å². The van der Waals surface area contributed by atoms with Gasteiger partial charge in [0.15, 0.2) is 0 Å². The maximum Gasteiger partial charge on any atom is 0.0729 e. The molecule has 2 aromatic heterocycles. The minimum absolute atomic E-state index is 0.102. The van der Waals surface area contributed by atoms with E-state index in [0.29, 0.717) is 6.54 Å². The van der Waals surface area contributed by atoms with Crippen LogP contribution in [0.4, 0.5) is 5.69 Å². The number of nitrogens with one attached hydrogen (secondary N) is 1. The first-order chi connectivity index (χ1) is 8.83. The Bertz CT molecular complexity index is 476. The highest BCUT2D eigenvalue weighted by Gasteiger charge is 2.02. The largest absolute Gasteiger partial charge is 0.394 e. The van der Waals surface area contributed by atoms with Gasteiger partial charge in [-0.15, -0.1) is 0 Å². The highest BCUT2D eigenvalue weighted by Crippen LogP contribution is 2.08. The van der Waals surface area contributed by atoms with Crippen LogP contribution in [0.2, 0.25) is 0 Å². The summed E-state index contributed by atoms with van der Waals surface area (Å²) in [5.74, 6) is 0. The van der Waals surface area contributed by atoms with Crippen molar-refractivity contribution in [1.29, 1.82) is 0 Å². The molecule has 2 aromatic rings. The van der Waals surface area contributed by atoms with Crippen LogP contribution in [-0.2, 0) is 19.6 Å². The summed E-state index contributed by atoms with van der Waals surface area (Å²) < 4.78 is 3.72. The molecule has 6 nitrogen and oxygen atoms in total. The first-order valence-electron chi connectivity index (χ1n) is 6.21. The average molecular weight is 249 g/mol. The van der Waals surface area contributed by atoms with Crippen molar-refractivity contribution in [1.82, 2.24) is 19.6 Å². The zero-order chi connectivity index (χ0) is 12.8. The van der Waals surface area contributed by atoms with Crippen LogP contribution in [0.5, 0.6) is 0 Å². The molecule has 0 bridgehead atoms. The van der Waals surface area contributed by atoms with Crippen molar-refractivity contribution in [3.8, 4) is 0 Å². The fraction of sp³-hybridized carbons (Fsp3) is 0.500. The summed E-state index contributed by atoms with van der Waals surface area (Å²) in [7, 11) is 0. The van der Waals surface area contributed by atoms with E-state index in [1.165, 1.54) is 0 Å². The normalized spacial score (nSPS) is 10.8. The molecule has 0 aromatic carbocycles. The first kappa shape index (κ1) is 12.6. The summed E-state index contributed by atoms with van der Waals surface area (Å²) in [5.41, 5.74) is 2.11. The monoisotopic (exact) mass is 249 g/mol. The number of aliphatic hydroxyl groups excluding tert-OH is 1. The number of nitrogens with zero attached hydrogens (tertiary/aromatic N) is 4. The van der Waals surface area contributed by atoms with Crippen molar-refractivity contribution in [2.75, 3.05) is 11.9 Å². The summed E-state index contributed by atoms with van der Waals surface area (Å²) in [6.07, 6.45) is 6.54. The zero-order valence-corrected chi connectivity index (χ0v) is 10.6. The summed E-state index contributed by atoms with van der Waals surface area (Å²) in [4.78, 5) is 0. The topological polar surface area (TPSA) is 67.9 Å². The minimum atomic E-state index is 0.102. The predicted octanol–water partition coefficient (Wildman–Crippen LogP) is 1.09. The van der Waals surface area contributed by atoms with Gasteiger partial charge in [-0.1, -0.05) is 6.92 Å². The van der Waals surface area contributed by atoms with Gasteiger partial charge in [-0.3, -0.25) is 9.36 Å². The molecule has 0 saturated carbocycles. The summed E-state index contributed by atoms with van der Waals surface area (Å²) in [6, 6.07) is 2.01. The summed E-state index contributed by atoms with van der Waals surface area (Å²) in [5, 5.41) is 20.5. The second-order valence-electron chi connectivity index (χ2n) is 4.11. The first-order valence-corrected chi connectivity index (χ1v) is 6.21. The molecule has 6 heteroatoms. The van der Waals surface area contributed by atoms with E-state index in [1.54, 1.807) is 10.9 Å². The lowest BCUT2D eigenvalue weighted by atomic mass is 10.4. The van der Waals surface area contributed by atoms with Crippen molar-refractivity contribution in [2.24, 2.45) is 0 Å². The van der Waals surface area contributed by atoms with Crippen LogP contribution in [0.1, 0.15) is 19.0 Å². The molecule has 0 radical (unpaired) electrons. The van der Waals surface area contributed by atoms with E-state index in [1.807, 2.05) is 23.1 Å². The van der Waals surface area contributed by atoms with Crippen molar-refractivity contribution in [3.63, 3.8) is 0 Å². The van der Waals surface area contributed by atoms with Gasteiger partial charge in [-0.2, -0.15) is 10.2 Å². The Labute approximate surface area is 106 Å². The van der Waals surface area contributed by atoms with E-state index >= 15 is 0 Å².